The maximum atomic E-state index is 12.1. The van der Waals surface area contributed by atoms with E-state index in [4.69, 9.17) is 9.47 Å². The number of ether oxygens (including phenoxy) is 2. The zero-order chi connectivity index (χ0) is 16.9. The first-order chi connectivity index (χ1) is 11.7. The predicted molar refractivity (Wildman–Crippen MR) is 90.3 cm³/mol. The molecule has 0 unspecified atom stereocenters. The quantitative estimate of drug-likeness (QED) is 0.886. The Kier molecular flexibility index (Phi) is 4.65. The van der Waals surface area contributed by atoms with Crippen molar-refractivity contribution >= 4 is 23.2 Å². The van der Waals surface area contributed by atoms with Gasteiger partial charge in [0.25, 0.3) is 5.91 Å². The van der Waals surface area contributed by atoms with Gasteiger partial charge < -0.3 is 20.1 Å². The summed E-state index contributed by atoms with van der Waals surface area (Å²) in [5, 5.41) is 5.49. The molecule has 1 aliphatic heterocycles. The fraction of sp³-hybridized carbons (Fsp3) is 0.222. The van der Waals surface area contributed by atoms with Gasteiger partial charge in [0.2, 0.25) is 5.91 Å². The van der Waals surface area contributed by atoms with E-state index in [2.05, 4.69) is 10.6 Å². The van der Waals surface area contributed by atoms with Crippen molar-refractivity contribution in [1.29, 1.82) is 0 Å². The molecule has 0 fully saturated rings. The van der Waals surface area contributed by atoms with Crippen LogP contribution in [0.15, 0.2) is 48.5 Å². The Bertz CT molecular complexity index is 743. The summed E-state index contributed by atoms with van der Waals surface area (Å²) in [7, 11) is 0. The van der Waals surface area contributed by atoms with Crippen LogP contribution < -0.4 is 20.1 Å². The Morgan fingerprint density at radius 1 is 1.21 bits per heavy atom. The van der Waals surface area contributed by atoms with Crippen LogP contribution >= 0.6 is 0 Å². The van der Waals surface area contributed by atoms with Crippen molar-refractivity contribution in [2.45, 2.75) is 19.4 Å². The molecular weight excluding hydrogens is 308 g/mol. The number of benzene rings is 2. The highest BCUT2D eigenvalue weighted by Crippen LogP contribution is 2.29. The molecule has 124 valence electrons. The van der Waals surface area contributed by atoms with E-state index in [1.54, 1.807) is 42.5 Å². The highest BCUT2D eigenvalue weighted by atomic mass is 16.5. The Morgan fingerprint density at radius 3 is 2.71 bits per heavy atom. The normalized spacial score (nSPS) is 15.7. The maximum absolute atomic E-state index is 12.1. The van der Waals surface area contributed by atoms with Gasteiger partial charge in [0, 0.05) is 5.69 Å². The van der Waals surface area contributed by atoms with Gasteiger partial charge in [0.1, 0.15) is 11.5 Å². The highest BCUT2D eigenvalue weighted by Gasteiger charge is 2.29. The van der Waals surface area contributed by atoms with Crippen LogP contribution in [0.5, 0.6) is 11.5 Å². The lowest BCUT2D eigenvalue weighted by atomic mass is 10.1. The standard InChI is InChI=1S/C18H18N2O4/c1-2-23-13-9-7-12(8-10-13)19-17(21)11-16-18(22)20-14-5-3-4-6-15(14)24-16/h3-10,16H,2,11H2,1H3,(H,19,21)(H,20,22)/t16-/m1/s1. The molecule has 1 atom stereocenters. The van der Waals surface area contributed by atoms with Gasteiger partial charge in [0.05, 0.1) is 18.7 Å². The fourth-order valence-electron chi connectivity index (χ4n) is 2.41. The molecule has 1 heterocycles. The molecule has 2 aromatic rings. The SMILES string of the molecule is CCOc1ccc(NC(=O)C[C@H]2Oc3ccccc3NC2=O)cc1. The van der Waals surface area contributed by atoms with Crippen LogP contribution in [0, 0.1) is 0 Å². The van der Waals surface area contributed by atoms with Gasteiger partial charge in [-0.15, -0.1) is 0 Å². The summed E-state index contributed by atoms with van der Waals surface area (Å²) in [5.74, 6) is 0.687. The third kappa shape index (κ3) is 3.65. The molecule has 2 N–H and O–H groups in total. The molecule has 2 amide bonds. The van der Waals surface area contributed by atoms with Gasteiger partial charge in [-0.3, -0.25) is 9.59 Å². The fourth-order valence-corrected chi connectivity index (χ4v) is 2.41. The van der Waals surface area contributed by atoms with E-state index in [1.807, 2.05) is 13.0 Å². The van der Waals surface area contributed by atoms with Crippen LogP contribution in [0.4, 0.5) is 11.4 Å². The minimum absolute atomic E-state index is 0.0621. The molecule has 6 heteroatoms. The largest absolute Gasteiger partial charge is 0.494 e. The number of hydrogen-bond acceptors (Lipinski definition) is 4. The molecule has 0 spiro atoms. The first-order valence-electron chi connectivity index (χ1n) is 7.75. The molecular formula is C18H18N2O4. The number of amides is 2. The Hall–Kier alpha value is -3.02. The first kappa shape index (κ1) is 15.9. The van der Waals surface area contributed by atoms with Gasteiger partial charge in [-0.2, -0.15) is 0 Å². The Morgan fingerprint density at radius 2 is 1.96 bits per heavy atom. The van der Waals surface area contributed by atoms with E-state index in [9.17, 15) is 9.59 Å². The number of carbonyl (C=O) groups is 2. The summed E-state index contributed by atoms with van der Waals surface area (Å²) in [4.78, 5) is 24.2. The Labute approximate surface area is 139 Å². The molecule has 6 nitrogen and oxygen atoms in total. The van der Waals surface area contributed by atoms with E-state index < -0.39 is 6.10 Å². The molecule has 1 aliphatic rings. The molecule has 0 aromatic heterocycles. The van der Waals surface area contributed by atoms with E-state index in [-0.39, 0.29) is 18.2 Å². The minimum Gasteiger partial charge on any atom is -0.494 e. The first-order valence-corrected chi connectivity index (χ1v) is 7.75. The third-order valence-corrected chi connectivity index (χ3v) is 3.53. The molecule has 0 bridgehead atoms. The predicted octanol–water partition coefficient (Wildman–Crippen LogP) is 2.81. The van der Waals surface area contributed by atoms with Crippen LogP contribution in [0.2, 0.25) is 0 Å². The monoisotopic (exact) mass is 326 g/mol. The van der Waals surface area contributed by atoms with E-state index in [0.29, 0.717) is 23.7 Å². The van der Waals surface area contributed by atoms with Crippen LogP contribution in [0.1, 0.15) is 13.3 Å². The average molecular weight is 326 g/mol. The summed E-state index contributed by atoms with van der Waals surface area (Å²) in [6.45, 7) is 2.49. The topological polar surface area (TPSA) is 76.7 Å². The van der Waals surface area contributed by atoms with Crippen molar-refractivity contribution in [3.05, 3.63) is 48.5 Å². The van der Waals surface area contributed by atoms with Crippen LogP contribution in [0.3, 0.4) is 0 Å². The van der Waals surface area contributed by atoms with Crippen molar-refractivity contribution in [2.24, 2.45) is 0 Å². The van der Waals surface area contributed by atoms with Crippen molar-refractivity contribution in [1.82, 2.24) is 0 Å². The zero-order valence-corrected chi connectivity index (χ0v) is 13.2. The molecule has 0 radical (unpaired) electrons. The number of nitrogens with one attached hydrogen (secondary N) is 2. The van der Waals surface area contributed by atoms with Crippen LogP contribution in [0.25, 0.3) is 0 Å². The number of rotatable bonds is 5. The molecule has 3 rings (SSSR count). The second-order valence-electron chi connectivity index (χ2n) is 5.30. The van der Waals surface area contributed by atoms with Crippen molar-refractivity contribution in [3.8, 4) is 11.5 Å². The van der Waals surface area contributed by atoms with Gasteiger partial charge in [0.15, 0.2) is 6.10 Å². The average Bonchev–Trinajstić information content (AvgIpc) is 2.57. The zero-order valence-electron chi connectivity index (χ0n) is 13.2. The van der Waals surface area contributed by atoms with Crippen molar-refractivity contribution in [2.75, 3.05) is 17.2 Å². The maximum Gasteiger partial charge on any atom is 0.266 e. The summed E-state index contributed by atoms with van der Waals surface area (Å²) in [6.07, 6.45) is -0.907. The van der Waals surface area contributed by atoms with E-state index in [1.165, 1.54) is 0 Å². The molecule has 0 saturated heterocycles. The summed E-state index contributed by atoms with van der Waals surface area (Å²) in [5.41, 5.74) is 1.26. The number of carbonyl (C=O) groups excluding carboxylic acids is 2. The lowest BCUT2D eigenvalue weighted by molar-refractivity contribution is -0.128. The third-order valence-electron chi connectivity index (χ3n) is 3.53. The lowest BCUT2D eigenvalue weighted by Crippen LogP contribution is -2.39. The smallest absolute Gasteiger partial charge is 0.266 e. The van der Waals surface area contributed by atoms with E-state index in [0.717, 1.165) is 5.75 Å². The van der Waals surface area contributed by atoms with Crippen LogP contribution in [-0.4, -0.2) is 24.5 Å². The van der Waals surface area contributed by atoms with Gasteiger partial charge in [-0.1, -0.05) is 12.1 Å². The van der Waals surface area contributed by atoms with Crippen molar-refractivity contribution < 1.29 is 19.1 Å². The van der Waals surface area contributed by atoms with Gasteiger partial charge in [-0.25, -0.2) is 0 Å². The summed E-state index contributed by atoms with van der Waals surface area (Å²) < 4.78 is 11.0. The second-order valence-corrected chi connectivity index (χ2v) is 5.30. The summed E-state index contributed by atoms with van der Waals surface area (Å²) >= 11 is 0. The second kappa shape index (κ2) is 7.04. The molecule has 0 aliphatic carbocycles. The number of anilines is 2. The lowest BCUT2D eigenvalue weighted by Gasteiger charge is -2.25. The molecule has 24 heavy (non-hydrogen) atoms. The number of para-hydroxylation sites is 2. The molecule has 0 saturated carbocycles. The number of hydrogen-bond donors (Lipinski definition) is 2. The van der Waals surface area contributed by atoms with Gasteiger partial charge >= 0.3 is 0 Å². The van der Waals surface area contributed by atoms with Crippen LogP contribution in [-0.2, 0) is 9.59 Å². The molecule has 2 aromatic carbocycles. The Balaban J connectivity index is 1.60. The number of fused-ring (bicyclic) bond motifs is 1. The summed E-state index contributed by atoms with van der Waals surface area (Å²) in [6, 6.07) is 14.2. The van der Waals surface area contributed by atoms with E-state index >= 15 is 0 Å². The highest BCUT2D eigenvalue weighted by molar-refractivity contribution is 6.01. The van der Waals surface area contributed by atoms with Crippen molar-refractivity contribution in [3.63, 3.8) is 0 Å². The minimum atomic E-state index is -0.845. The van der Waals surface area contributed by atoms with Gasteiger partial charge in [-0.05, 0) is 43.3 Å².